The van der Waals surface area contributed by atoms with Crippen molar-refractivity contribution < 1.29 is 0 Å². The Kier molecular flexibility index (Phi) is 1.93. The molecule has 0 spiro atoms. The standard InChI is InChI=1S/C12H16N4/c1-9-3-6-16-10(7-9)14-11(15-16)13-8-12(2)4-5-12/h3,6-7H,4-5,8H2,1-2H3,(H,13,15). The molecule has 0 aromatic carbocycles. The largest absolute Gasteiger partial charge is 0.352 e. The molecule has 2 aromatic heterocycles. The summed E-state index contributed by atoms with van der Waals surface area (Å²) >= 11 is 0. The number of anilines is 1. The first-order valence-electron chi connectivity index (χ1n) is 5.72. The Hall–Kier alpha value is -1.58. The Morgan fingerprint density at radius 3 is 3.06 bits per heavy atom. The van der Waals surface area contributed by atoms with Gasteiger partial charge in [-0.25, -0.2) is 4.52 Å². The first kappa shape index (κ1) is 9.63. The summed E-state index contributed by atoms with van der Waals surface area (Å²) in [5.41, 5.74) is 2.59. The normalized spacial score (nSPS) is 17.6. The van der Waals surface area contributed by atoms with Gasteiger partial charge in [0.2, 0.25) is 5.95 Å². The highest BCUT2D eigenvalue weighted by Gasteiger charge is 2.37. The molecule has 0 unspecified atom stereocenters. The van der Waals surface area contributed by atoms with E-state index in [0.29, 0.717) is 5.41 Å². The van der Waals surface area contributed by atoms with Crippen molar-refractivity contribution in [2.75, 3.05) is 11.9 Å². The van der Waals surface area contributed by atoms with E-state index in [2.05, 4.69) is 29.2 Å². The van der Waals surface area contributed by atoms with E-state index in [4.69, 9.17) is 0 Å². The van der Waals surface area contributed by atoms with Crippen LogP contribution in [0, 0.1) is 12.3 Å². The third-order valence-electron chi connectivity index (χ3n) is 3.27. The average Bonchev–Trinajstić information content (AvgIpc) is 2.85. The Labute approximate surface area is 94.7 Å². The van der Waals surface area contributed by atoms with E-state index in [1.54, 1.807) is 0 Å². The molecule has 4 nitrogen and oxygen atoms in total. The Bertz CT molecular complexity index is 525. The van der Waals surface area contributed by atoms with E-state index >= 15 is 0 Å². The number of pyridine rings is 1. The van der Waals surface area contributed by atoms with E-state index < -0.39 is 0 Å². The Morgan fingerprint density at radius 1 is 1.50 bits per heavy atom. The van der Waals surface area contributed by atoms with Gasteiger partial charge in [0.05, 0.1) is 0 Å². The summed E-state index contributed by atoms with van der Waals surface area (Å²) in [5.74, 6) is 0.735. The van der Waals surface area contributed by atoms with Crippen LogP contribution in [0.25, 0.3) is 5.65 Å². The number of hydrogen-bond donors (Lipinski definition) is 1. The number of aromatic nitrogens is 3. The van der Waals surface area contributed by atoms with Crippen molar-refractivity contribution in [3.05, 3.63) is 23.9 Å². The van der Waals surface area contributed by atoms with Crippen LogP contribution in [0.2, 0.25) is 0 Å². The van der Waals surface area contributed by atoms with Gasteiger partial charge < -0.3 is 5.32 Å². The third-order valence-corrected chi connectivity index (χ3v) is 3.27. The summed E-state index contributed by atoms with van der Waals surface area (Å²) < 4.78 is 1.81. The van der Waals surface area contributed by atoms with Crippen molar-refractivity contribution in [2.45, 2.75) is 26.7 Å². The Morgan fingerprint density at radius 2 is 2.31 bits per heavy atom. The van der Waals surface area contributed by atoms with Gasteiger partial charge in [-0.1, -0.05) is 6.92 Å². The highest BCUT2D eigenvalue weighted by atomic mass is 15.3. The van der Waals surface area contributed by atoms with Crippen molar-refractivity contribution in [1.29, 1.82) is 0 Å². The van der Waals surface area contributed by atoms with Gasteiger partial charge in [-0.2, -0.15) is 4.98 Å². The van der Waals surface area contributed by atoms with E-state index in [-0.39, 0.29) is 0 Å². The maximum Gasteiger partial charge on any atom is 0.243 e. The zero-order valence-corrected chi connectivity index (χ0v) is 9.70. The zero-order chi connectivity index (χ0) is 11.2. The summed E-state index contributed by atoms with van der Waals surface area (Å²) in [5, 5.41) is 7.69. The predicted octanol–water partition coefficient (Wildman–Crippen LogP) is 2.25. The van der Waals surface area contributed by atoms with Crippen LogP contribution in [0.5, 0.6) is 0 Å². The van der Waals surface area contributed by atoms with Gasteiger partial charge in [-0.3, -0.25) is 0 Å². The summed E-state index contributed by atoms with van der Waals surface area (Å²) in [6, 6.07) is 4.07. The lowest BCUT2D eigenvalue weighted by molar-refractivity contribution is 0.607. The minimum atomic E-state index is 0.480. The first-order valence-corrected chi connectivity index (χ1v) is 5.72. The quantitative estimate of drug-likeness (QED) is 0.855. The van der Waals surface area contributed by atoms with Gasteiger partial charge in [0, 0.05) is 12.7 Å². The number of aryl methyl sites for hydroxylation is 1. The topological polar surface area (TPSA) is 42.2 Å². The first-order chi connectivity index (χ1) is 7.65. The second-order valence-electron chi connectivity index (χ2n) is 5.11. The van der Waals surface area contributed by atoms with Crippen molar-refractivity contribution in [2.24, 2.45) is 5.41 Å². The van der Waals surface area contributed by atoms with Crippen LogP contribution in [0.15, 0.2) is 18.3 Å². The summed E-state index contributed by atoms with van der Waals surface area (Å²) in [7, 11) is 0. The van der Waals surface area contributed by atoms with E-state index in [1.165, 1.54) is 18.4 Å². The molecule has 0 radical (unpaired) electrons. The molecule has 1 saturated carbocycles. The van der Waals surface area contributed by atoms with Crippen LogP contribution in [-0.2, 0) is 0 Å². The average molecular weight is 216 g/mol. The number of hydrogen-bond acceptors (Lipinski definition) is 3. The van der Waals surface area contributed by atoms with Crippen molar-refractivity contribution in [3.63, 3.8) is 0 Å². The minimum absolute atomic E-state index is 0.480. The number of nitrogens with one attached hydrogen (secondary N) is 1. The fraction of sp³-hybridized carbons (Fsp3) is 0.500. The van der Waals surface area contributed by atoms with Gasteiger partial charge in [0.1, 0.15) is 0 Å². The summed E-state index contributed by atoms with van der Waals surface area (Å²) in [4.78, 5) is 4.45. The van der Waals surface area contributed by atoms with Crippen LogP contribution >= 0.6 is 0 Å². The van der Waals surface area contributed by atoms with Crippen LogP contribution in [0.3, 0.4) is 0 Å². The molecule has 1 aliphatic carbocycles. The van der Waals surface area contributed by atoms with Crippen LogP contribution in [0.4, 0.5) is 5.95 Å². The molecule has 16 heavy (non-hydrogen) atoms. The lowest BCUT2D eigenvalue weighted by Crippen LogP contribution is -2.12. The molecule has 0 aliphatic heterocycles. The molecule has 1 N–H and O–H groups in total. The van der Waals surface area contributed by atoms with E-state index in [1.807, 2.05) is 22.8 Å². The summed E-state index contributed by atoms with van der Waals surface area (Å²) in [6.45, 7) is 5.33. The van der Waals surface area contributed by atoms with Gasteiger partial charge in [-0.15, -0.1) is 5.10 Å². The number of rotatable bonds is 3. The zero-order valence-electron chi connectivity index (χ0n) is 9.70. The minimum Gasteiger partial charge on any atom is -0.352 e. The van der Waals surface area contributed by atoms with Crippen LogP contribution in [0.1, 0.15) is 25.3 Å². The molecular formula is C12H16N4. The van der Waals surface area contributed by atoms with Crippen molar-refractivity contribution >= 4 is 11.6 Å². The van der Waals surface area contributed by atoms with Crippen LogP contribution in [-0.4, -0.2) is 21.1 Å². The SMILES string of the molecule is Cc1ccn2nc(NCC3(C)CC3)nc2c1. The highest BCUT2D eigenvalue weighted by molar-refractivity contribution is 5.45. The molecule has 4 heteroatoms. The number of nitrogens with zero attached hydrogens (tertiary/aromatic N) is 3. The maximum absolute atomic E-state index is 4.45. The Balaban J connectivity index is 1.82. The lowest BCUT2D eigenvalue weighted by Gasteiger charge is -2.06. The van der Waals surface area contributed by atoms with Gasteiger partial charge in [0.15, 0.2) is 5.65 Å². The van der Waals surface area contributed by atoms with Crippen LogP contribution < -0.4 is 5.32 Å². The lowest BCUT2D eigenvalue weighted by atomic mass is 10.1. The fourth-order valence-electron chi connectivity index (χ4n) is 1.74. The van der Waals surface area contributed by atoms with Crippen molar-refractivity contribution in [3.8, 4) is 0 Å². The molecule has 0 saturated heterocycles. The summed E-state index contributed by atoms with van der Waals surface area (Å²) in [6.07, 6.45) is 4.57. The molecule has 3 rings (SSSR count). The maximum atomic E-state index is 4.45. The van der Waals surface area contributed by atoms with Gasteiger partial charge >= 0.3 is 0 Å². The molecule has 2 heterocycles. The van der Waals surface area contributed by atoms with Gasteiger partial charge in [-0.05, 0) is 42.9 Å². The molecule has 0 atom stereocenters. The molecule has 84 valence electrons. The third kappa shape index (κ3) is 1.75. The monoisotopic (exact) mass is 216 g/mol. The molecule has 0 bridgehead atoms. The molecule has 1 aliphatic rings. The smallest absolute Gasteiger partial charge is 0.243 e. The highest BCUT2D eigenvalue weighted by Crippen LogP contribution is 2.44. The van der Waals surface area contributed by atoms with E-state index in [9.17, 15) is 0 Å². The second-order valence-corrected chi connectivity index (χ2v) is 5.11. The molecule has 2 aromatic rings. The predicted molar refractivity (Wildman–Crippen MR) is 63.6 cm³/mol. The molecular weight excluding hydrogens is 200 g/mol. The fourth-order valence-corrected chi connectivity index (χ4v) is 1.74. The molecule has 1 fully saturated rings. The van der Waals surface area contributed by atoms with Crippen molar-refractivity contribution in [1.82, 2.24) is 14.6 Å². The molecule has 0 amide bonds. The number of fused-ring (bicyclic) bond motifs is 1. The van der Waals surface area contributed by atoms with Gasteiger partial charge in [0.25, 0.3) is 0 Å². The second kappa shape index (κ2) is 3.20. The van der Waals surface area contributed by atoms with E-state index in [0.717, 1.165) is 18.1 Å².